The van der Waals surface area contributed by atoms with Crippen LogP contribution in [0.5, 0.6) is 5.75 Å². The van der Waals surface area contributed by atoms with E-state index in [0.717, 1.165) is 0 Å². The van der Waals surface area contributed by atoms with Crippen molar-refractivity contribution in [1.82, 2.24) is 0 Å². The number of carbonyl (C=O) groups is 1. The monoisotopic (exact) mass is 236 g/mol. The molecule has 3 N–H and O–H groups in total. The van der Waals surface area contributed by atoms with Crippen LogP contribution in [0.4, 0.5) is 5.69 Å². The minimum atomic E-state index is -0.547. The summed E-state index contributed by atoms with van der Waals surface area (Å²) in [5, 5.41) is 2.78. The van der Waals surface area contributed by atoms with Crippen LogP contribution < -0.4 is 15.8 Å². The van der Waals surface area contributed by atoms with Crippen molar-refractivity contribution in [2.75, 3.05) is 12.4 Å². The number of hydrogen-bond donors (Lipinski definition) is 2. The Balaban J connectivity index is 2.74. The molecule has 0 heterocycles. The predicted molar refractivity (Wildman–Crippen MR) is 69.1 cm³/mol. The third-order valence-electron chi connectivity index (χ3n) is 2.55. The number of rotatable bonds is 3. The SMILES string of the molecule is COc1cccc(NC(=O)C(N)C(C)(C)C)c1. The molecular weight excluding hydrogens is 216 g/mol. The molecule has 0 aliphatic rings. The van der Waals surface area contributed by atoms with Gasteiger partial charge in [0, 0.05) is 11.8 Å². The molecule has 1 unspecified atom stereocenters. The highest BCUT2D eigenvalue weighted by molar-refractivity contribution is 5.95. The first-order valence-corrected chi connectivity index (χ1v) is 5.55. The van der Waals surface area contributed by atoms with Crippen LogP contribution in [-0.2, 0) is 4.79 Å². The van der Waals surface area contributed by atoms with E-state index in [2.05, 4.69) is 5.32 Å². The van der Waals surface area contributed by atoms with E-state index in [9.17, 15) is 4.79 Å². The molecular formula is C13H20N2O2. The molecule has 0 radical (unpaired) electrons. The second-order valence-corrected chi connectivity index (χ2v) is 5.06. The van der Waals surface area contributed by atoms with Gasteiger partial charge in [0.1, 0.15) is 5.75 Å². The van der Waals surface area contributed by atoms with Gasteiger partial charge in [0.15, 0.2) is 0 Å². The minimum Gasteiger partial charge on any atom is -0.497 e. The lowest BCUT2D eigenvalue weighted by atomic mass is 9.87. The van der Waals surface area contributed by atoms with Gasteiger partial charge in [-0.1, -0.05) is 26.8 Å². The van der Waals surface area contributed by atoms with Crippen LogP contribution >= 0.6 is 0 Å². The summed E-state index contributed by atoms with van der Waals surface area (Å²) in [6.45, 7) is 5.80. The fourth-order valence-electron chi connectivity index (χ4n) is 1.31. The Morgan fingerprint density at radius 1 is 1.41 bits per heavy atom. The Morgan fingerprint density at radius 2 is 2.06 bits per heavy atom. The van der Waals surface area contributed by atoms with Crippen LogP contribution in [0.1, 0.15) is 20.8 Å². The van der Waals surface area contributed by atoms with Crippen LogP contribution in [0.25, 0.3) is 0 Å². The maximum atomic E-state index is 11.9. The summed E-state index contributed by atoms with van der Waals surface area (Å²) in [6, 6.07) is 6.65. The van der Waals surface area contributed by atoms with Crippen LogP contribution in [0, 0.1) is 5.41 Å². The smallest absolute Gasteiger partial charge is 0.241 e. The summed E-state index contributed by atoms with van der Waals surface area (Å²) in [7, 11) is 1.59. The van der Waals surface area contributed by atoms with Crippen LogP contribution in [0.2, 0.25) is 0 Å². The van der Waals surface area contributed by atoms with Gasteiger partial charge in [0.05, 0.1) is 13.2 Å². The van der Waals surface area contributed by atoms with E-state index in [1.807, 2.05) is 32.9 Å². The highest BCUT2D eigenvalue weighted by atomic mass is 16.5. The number of anilines is 1. The zero-order chi connectivity index (χ0) is 13.1. The molecule has 0 saturated carbocycles. The van der Waals surface area contributed by atoms with E-state index < -0.39 is 6.04 Å². The van der Waals surface area contributed by atoms with Crippen molar-refractivity contribution in [2.24, 2.45) is 11.1 Å². The van der Waals surface area contributed by atoms with Gasteiger partial charge >= 0.3 is 0 Å². The lowest BCUT2D eigenvalue weighted by Gasteiger charge is -2.25. The van der Waals surface area contributed by atoms with Gasteiger partial charge in [-0.2, -0.15) is 0 Å². The molecule has 17 heavy (non-hydrogen) atoms. The van der Waals surface area contributed by atoms with E-state index in [1.165, 1.54) is 0 Å². The van der Waals surface area contributed by atoms with Gasteiger partial charge in [-0.3, -0.25) is 4.79 Å². The molecule has 0 bridgehead atoms. The third-order valence-corrected chi connectivity index (χ3v) is 2.55. The van der Waals surface area contributed by atoms with Gasteiger partial charge < -0.3 is 15.8 Å². The quantitative estimate of drug-likeness (QED) is 0.843. The number of nitrogens with two attached hydrogens (primary N) is 1. The Hall–Kier alpha value is -1.55. The van der Waals surface area contributed by atoms with Crippen molar-refractivity contribution < 1.29 is 9.53 Å². The highest BCUT2D eigenvalue weighted by Crippen LogP contribution is 2.20. The molecule has 94 valence electrons. The largest absolute Gasteiger partial charge is 0.497 e. The van der Waals surface area contributed by atoms with Crippen molar-refractivity contribution in [1.29, 1.82) is 0 Å². The average Bonchev–Trinajstić information content (AvgIpc) is 2.27. The zero-order valence-corrected chi connectivity index (χ0v) is 10.8. The van der Waals surface area contributed by atoms with E-state index in [0.29, 0.717) is 11.4 Å². The summed E-state index contributed by atoms with van der Waals surface area (Å²) in [4.78, 5) is 11.9. The molecule has 1 rings (SSSR count). The molecule has 0 aliphatic carbocycles. The molecule has 0 aliphatic heterocycles. The molecule has 0 saturated heterocycles. The van der Waals surface area contributed by atoms with Crippen molar-refractivity contribution in [3.8, 4) is 5.75 Å². The number of ether oxygens (including phenoxy) is 1. The number of nitrogens with one attached hydrogen (secondary N) is 1. The number of methoxy groups -OCH3 is 1. The van der Waals surface area contributed by atoms with Crippen molar-refractivity contribution in [3.63, 3.8) is 0 Å². The molecule has 0 aromatic heterocycles. The summed E-state index contributed by atoms with van der Waals surface area (Å²) in [5.41, 5.74) is 6.30. The van der Waals surface area contributed by atoms with Crippen molar-refractivity contribution in [3.05, 3.63) is 24.3 Å². The van der Waals surface area contributed by atoms with Gasteiger partial charge in [-0.25, -0.2) is 0 Å². The summed E-state index contributed by atoms with van der Waals surface area (Å²) >= 11 is 0. The standard InChI is InChI=1S/C13H20N2O2/c1-13(2,3)11(14)12(16)15-9-6-5-7-10(8-9)17-4/h5-8,11H,14H2,1-4H3,(H,15,16). The van der Waals surface area contributed by atoms with E-state index in [-0.39, 0.29) is 11.3 Å². The molecule has 4 heteroatoms. The topological polar surface area (TPSA) is 64.3 Å². The molecule has 0 spiro atoms. The first-order chi connectivity index (χ1) is 7.84. The fourth-order valence-corrected chi connectivity index (χ4v) is 1.31. The summed E-state index contributed by atoms with van der Waals surface area (Å²) < 4.78 is 5.08. The first-order valence-electron chi connectivity index (χ1n) is 5.55. The first kappa shape index (κ1) is 13.5. The maximum absolute atomic E-state index is 11.9. The zero-order valence-electron chi connectivity index (χ0n) is 10.8. The second kappa shape index (κ2) is 5.19. The van der Waals surface area contributed by atoms with Gasteiger partial charge in [0.25, 0.3) is 0 Å². The predicted octanol–water partition coefficient (Wildman–Crippen LogP) is 2.01. The summed E-state index contributed by atoms with van der Waals surface area (Å²) in [6.07, 6.45) is 0. The molecule has 0 fully saturated rings. The van der Waals surface area contributed by atoms with E-state index in [4.69, 9.17) is 10.5 Å². The number of carbonyl (C=O) groups excluding carboxylic acids is 1. The van der Waals surface area contributed by atoms with E-state index >= 15 is 0 Å². The van der Waals surface area contributed by atoms with E-state index in [1.54, 1.807) is 19.2 Å². The van der Waals surface area contributed by atoms with Gasteiger partial charge in [-0.05, 0) is 17.5 Å². The van der Waals surface area contributed by atoms with Crippen molar-refractivity contribution >= 4 is 11.6 Å². The lowest BCUT2D eigenvalue weighted by Crippen LogP contribution is -2.45. The molecule has 4 nitrogen and oxygen atoms in total. The summed E-state index contributed by atoms with van der Waals surface area (Å²) in [5.74, 6) is 0.512. The van der Waals surface area contributed by atoms with Gasteiger partial charge in [-0.15, -0.1) is 0 Å². The Labute approximate surface area is 102 Å². The minimum absolute atomic E-state index is 0.189. The van der Waals surface area contributed by atoms with Crippen LogP contribution in [-0.4, -0.2) is 19.1 Å². The average molecular weight is 236 g/mol. The Morgan fingerprint density at radius 3 is 2.59 bits per heavy atom. The lowest BCUT2D eigenvalue weighted by molar-refractivity contribution is -0.119. The third kappa shape index (κ3) is 3.75. The van der Waals surface area contributed by atoms with Crippen LogP contribution in [0.3, 0.4) is 0 Å². The van der Waals surface area contributed by atoms with Gasteiger partial charge in [0.2, 0.25) is 5.91 Å². The molecule has 1 aromatic rings. The Bertz CT molecular complexity index is 397. The highest BCUT2D eigenvalue weighted by Gasteiger charge is 2.27. The fraction of sp³-hybridized carbons (Fsp3) is 0.462. The molecule has 1 amide bonds. The second-order valence-electron chi connectivity index (χ2n) is 5.06. The normalized spacial score (nSPS) is 13.0. The Kier molecular flexibility index (Phi) is 4.12. The number of hydrogen-bond acceptors (Lipinski definition) is 3. The maximum Gasteiger partial charge on any atom is 0.241 e. The van der Waals surface area contributed by atoms with Crippen molar-refractivity contribution in [2.45, 2.75) is 26.8 Å². The molecule has 1 atom stereocenters. The molecule has 1 aromatic carbocycles. The van der Waals surface area contributed by atoms with Crippen LogP contribution in [0.15, 0.2) is 24.3 Å². The number of amides is 1. The number of benzene rings is 1.